The number of fused-ring (bicyclic) bond motifs is 1. The van der Waals surface area contributed by atoms with Gasteiger partial charge in [-0.25, -0.2) is 18.4 Å². The molecule has 0 spiro atoms. The summed E-state index contributed by atoms with van der Waals surface area (Å²) in [6.07, 6.45) is 1.90. The fourth-order valence-corrected chi connectivity index (χ4v) is 3.73. The number of rotatable bonds is 2. The minimum absolute atomic E-state index is 0.235. The number of nitrogens with zero attached hydrogens (tertiary/aromatic N) is 3. The third-order valence-electron chi connectivity index (χ3n) is 3.39. The number of sulfonamides is 1. The van der Waals surface area contributed by atoms with E-state index in [9.17, 15) is 8.42 Å². The van der Waals surface area contributed by atoms with Crippen molar-refractivity contribution in [3.8, 4) is 0 Å². The summed E-state index contributed by atoms with van der Waals surface area (Å²) in [6.45, 7) is 0.626. The van der Waals surface area contributed by atoms with Crippen LogP contribution in [-0.4, -0.2) is 29.2 Å². The Morgan fingerprint density at radius 3 is 2.65 bits per heavy atom. The smallest absolute Gasteiger partial charge is 0.243 e. The summed E-state index contributed by atoms with van der Waals surface area (Å²) in [5.74, 6) is 0.437. The van der Waals surface area contributed by atoms with Crippen LogP contribution < -0.4 is 5.73 Å². The molecule has 0 radical (unpaired) electrons. The Morgan fingerprint density at radius 2 is 1.90 bits per heavy atom. The monoisotopic (exact) mass is 290 g/mol. The third kappa shape index (κ3) is 2.14. The Morgan fingerprint density at radius 1 is 1.15 bits per heavy atom. The Kier molecular flexibility index (Phi) is 3.15. The molecule has 0 fully saturated rings. The Bertz CT molecular complexity index is 731. The molecule has 0 saturated heterocycles. The van der Waals surface area contributed by atoms with E-state index in [1.54, 1.807) is 30.3 Å². The topological polar surface area (TPSA) is 89.2 Å². The highest BCUT2D eigenvalue weighted by atomic mass is 32.2. The first-order valence-electron chi connectivity index (χ1n) is 6.22. The molecule has 2 heterocycles. The van der Waals surface area contributed by atoms with Crippen molar-refractivity contribution >= 4 is 15.8 Å². The van der Waals surface area contributed by atoms with Crippen LogP contribution in [-0.2, 0) is 23.0 Å². The Balaban J connectivity index is 1.95. The summed E-state index contributed by atoms with van der Waals surface area (Å²) in [6, 6.07) is 8.41. The van der Waals surface area contributed by atoms with Crippen LogP contribution in [0, 0.1) is 0 Å². The lowest BCUT2D eigenvalue weighted by atomic mass is 10.1. The van der Waals surface area contributed by atoms with Crippen LogP contribution in [0.15, 0.2) is 41.6 Å². The van der Waals surface area contributed by atoms with E-state index in [1.165, 1.54) is 10.6 Å². The summed E-state index contributed by atoms with van der Waals surface area (Å²) in [5.41, 5.74) is 7.33. The lowest BCUT2D eigenvalue weighted by Crippen LogP contribution is -2.36. The minimum atomic E-state index is -3.49. The van der Waals surface area contributed by atoms with Crippen molar-refractivity contribution in [3.63, 3.8) is 0 Å². The van der Waals surface area contributed by atoms with Crippen LogP contribution in [0.25, 0.3) is 0 Å². The SMILES string of the molecule is Nc1ncnc2c1CCN(S(=O)(=O)c1ccccc1)C2. The average Bonchev–Trinajstić information content (AvgIpc) is 2.48. The van der Waals surface area contributed by atoms with Crippen LogP contribution in [0.5, 0.6) is 0 Å². The highest BCUT2D eigenvalue weighted by Crippen LogP contribution is 2.25. The first kappa shape index (κ1) is 13.0. The molecule has 0 aliphatic carbocycles. The van der Waals surface area contributed by atoms with Gasteiger partial charge in [-0.3, -0.25) is 0 Å². The molecule has 1 aromatic heterocycles. The van der Waals surface area contributed by atoms with Gasteiger partial charge in [0.25, 0.3) is 0 Å². The van der Waals surface area contributed by atoms with Gasteiger partial charge in [0.2, 0.25) is 10.0 Å². The molecule has 1 aromatic carbocycles. The van der Waals surface area contributed by atoms with Crippen molar-refractivity contribution in [2.75, 3.05) is 12.3 Å². The van der Waals surface area contributed by atoms with Crippen LogP contribution >= 0.6 is 0 Å². The van der Waals surface area contributed by atoms with E-state index in [0.29, 0.717) is 29.4 Å². The largest absolute Gasteiger partial charge is 0.383 e. The summed E-state index contributed by atoms with van der Waals surface area (Å²) in [4.78, 5) is 8.37. The number of benzene rings is 1. The Labute approximate surface area is 117 Å². The molecular formula is C13H14N4O2S. The molecule has 6 nitrogen and oxygen atoms in total. The van der Waals surface area contributed by atoms with Gasteiger partial charge >= 0.3 is 0 Å². The Hall–Kier alpha value is -1.99. The number of nitrogens with two attached hydrogens (primary N) is 1. The maximum Gasteiger partial charge on any atom is 0.243 e. The van der Waals surface area contributed by atoms with E-state index in [0.717, 1.165) is 5.56 Å². The molecule has 2 aromatic rings. The molecule has 1 aliphatic heterocycles. The normalized spacial score (nSPS) is 15.8. The van der Waals surface area contributed by atoms with Crippen LogP contribution in [0.3, 0.4) is 0 Å². The second-order valence-corrected chi connectivity index (χ2v) is 6.52. The predicted octanol–water partition coefficient (Wildman–Crippen LogP) is 0.806. The fourth-order valence-electron chi connectivity index (χ4n) is 2.30. The zero-order valence-electron chi connectivity index (χ0n) is 10.7. The zero-order valence-corrected chi connectivity index (χ0v) is 11.5. The lowest BCUT2D eigenvalue weighted by Gasteiger charge is -2.27. The van der Waals surface area contributed by atoms with Crippen LogP contribution in [0.4, 0.5) is 5.82 Å². The van der Waals surface area contributed by atoms with E-state index in [1.807, 2.05) is 0 Å². The quantitative estimate of drug-likeness (QED) is 0.884. The van der Waals surface area contributed by atoms with Gasteiger partial charge in [-0.15, -0.1) is 0 Å². The van der Waals surface area contributed by atoms with Crippen LogP contribution in [0.1, 0.15) is 11.3 Å². The van der Waals surface area contributed by atoms with Gasteiger partial charge in [-0.1, -0.05) is 18.2 Å². The van der Waals surface area contributed by atoms with E-state index in [4.69, 9.17) is 5.73 Å². The van der Waals surface area contributed by atoms with Crippen LogP contribution in [0.2, 0.25) is 0 Å². The average molecular weight is 290 g/mol. The highest BCUT2D eigenvalue weighted by Gasteiger charge is 2.29. The standard InChI is InChI=1S/C13H14N4O2S/c14-13-11-6-7-17(8-12(11)15-9-16-13)20(18,19)10-4-2-1-3-5-10/h1-5,9H,6-8H2,(H2,14,15,16). The summed E-state index contributed by atoms with van der Waals surface area (Å²) in [5, 5.41) is 0. The van der Waals surface area contributed by atoms with Gasteiger partial charge < -0.3 is 5.73 Å². The van der Waals surface area contributed by atoms with E-state index in [-0.39, 0.29) is 6.54 Å². The number of hydrogen-bond donors (Lipinski definition) is 1. The van der Waals surface area contributed by atoms with Crippen molar-refractivity contribution in [2.45, 2.75) is 17.9 Å². The molecule has 20 heavy (non-hydrogen) atoms. The molecule has 0 unspecified atom stereocenters. The molecule has 1 aliphatic rings. The predicted molar refractivity (Wildman–Crippen MR) is 74.2 cm³/mol. The van der Waals surface area contributed by atoms with Crippen molar-refractivity contribution in [2.24, 2.45) is 0 Å². The summed E-state index contributed by atoms with van der Waals surface area (Å²) < 4.78 is 26.5. The summed E-state index contributed by atoms with van der Waals surface area (Å²) in [7, 11) is -3.49. The maximum absolute atomic E-state index is 12.5. The third-order valence-corrected chi connectivity index (χ3v) is 5.25. The van der Waals surface area contributed by atoms with Gasteiger partial charge in [0, 0.05) is 12.1 Å². The van der Waals surface area contributed by atoms with E-state index >= 15 is 0 Å². The lowest BCUT2D eigenvalue weighted by molar-refractivity contribution is 0.385. The zero-order chi connectivity index (χ0) is 14.2. The first-order valence-corrected chi connectivity index (χ1v) is 7.66. The van der Waals surface area contributed by atoms with E-state index in [2.05, 4.69) is 9.97 Å². The number of aromatic nitrogens is 2. The second-order valence-electron chi connectivity index (χ2n) is 4.59. The molecule has 3 rings (SSSR count). The maximum atomic E-state index is 12.5. The number of anilines is 1. The number of hydrogen-bond acceptors (Lipinski definition) is 5. The molecule has 0 amide bonds. The van der Waals surface area contributed by atoms with Gasteiger partial charge in [0.1, 0.15) is 12.1 Å². The molecule has 7 heteroatoms. The van der Waals surface area contributed by atoms with Gasteiger partial charge in [0.15, 0.2) is 0 Å². The van der Waals surface area contributed by atoms with Crippen molar-refractivity contribution < 1.29 is 8.42 Å². The summed E-state index contributed by atoms with van der Waals surface area (Å²) >= 11 is 0. The minimum Gasteiger partial charge on any atom is -0.383 e. The molecule has 2 N–H and O–H groups in total. The number of nitrogen functional groups attached to an aromatic ring is 1. The van der Waals surface area contributed by atoms with Crippen molar-refractivity contribution in [1.82, 2.24) is 14.3 Å². The van der Waals surface area contributed by atoms with Crippen molar-refractivity contribution in [3.05, 3.63) is 47.9 Å². The van der Waals surface area contributed by atoms with Crippen molar-refractivity contribution in [1.29, 1.82) is 0 Å². The second kappa shape index (κ2) is 4.84. The molecular weight excluding hydrogens is 276 g/mol. The highest BCUT2D eigenvalue weighted by molar-refractivity contribution is 7.89. The molecule has 104 valence electrons. The van der Waals surface area contributed by atoms with E-state index < -0.39 is 10.0 Å². The van der Waals surface area contributed by atoms with Gasteiger partial charge in [0.05, 0.1) is 17.1 Å². The van der Waals surface area contributed by atoms with Gasteiger partial charge in [-0.05, 0) is 18.6 Å². The molecule has 0 saturated carbocycles. The first-order chi connectivity index (χ1) is 9.59. The van der Waals surface area contributed by atoms with Gasteiger partial charge in [-0.2, -0.15) is 4.31 Å². The fraction of sp³-hybridized carbons (Fsp3) is 0.231. The molecule has 0 bridgehead atoms. The molecule has 0 atom stereocenters.